The summed E-state index contributed by atoms with van der Waals surface area (Å²) in [5.41, 5.74) is 6.58. The molecular weight excluding hydrogens is 182 g/mol. The molecule has 0 radical (unpaired) electrons. The Morgan fingerprint density at radius 2 is 1.20 bits per heavy atom. The van der Waals surface area contributed by atoms with Gasteiger partial charge in [-0.2, -0.15) is 0 Å². The summed E-state index contributed by atoms with van der Waals surface area (Å²) in [7, 11) is 0. The summed E-state index contributed by atoms with van der Waals surface area (Å²) in [6.45, 7) is 6.75. The molecule has 2 N–H and O–H groups in total. The minimum Gasteiger partial charge on any atom is -0.325 e. The molecule has 0 unspecified atom stereocenters. The standard InChI is InChI=1S/C14H31N/c1-4-7-8-9-10-13-14(15,11-5-2)12-6-3/h4-13,15H2,1-3H3. The van der Waals surface area contributed by atoms with E-state index in [4.69, 9.17) is 5.73 Å². The van der Waals surface area contributed by atoms with Crippen molar-refractivity contribution in [2.45, 2.75) is 90.5 Å². The van der Waals surface area contributed by atoms with E-state index in [9.17, 15) is 0 Å². The molecule has 0 aromatic heterocycles. The maximum Gasteiger partial charge on any atom is 0.0154 e. The van der Waals surface area contributed by atoms with Crippen LogP contribution >= 0.6 is 0 Å². The smallest absolute Gasteiger partial charge is 0.0154 e. The first kappa shape index (κ1) is 15.0. The fraction of sp³-hybridized carbons (Fsp3) is 1.00. The van der Waals surface area contributed by atoms with Crippen molar-refractivity contribution in [3.63, 3.8) is 0 Å². The van der Waals surface area contributed by atoms with Gasteiger partial charge in [-0.3, -0.25) is 0 Å². The van der Waals surface area contributed by atoms with Crippen molar-refractivity contribution in [1.82, 2.24) is 0 Å². The summed E-state index contributed by atoms with van der Waals surface area (Å²) in [5.74, 6) is 0. The molecule has 0 aliphatic heterocycles. The molecule has 0 aromatic carbocycles. The Bertz CT molecular complexity index is 125. The van der Waals surface area contributed by atoms with Crippen molar-refractivity contribution in [1.29, 1.82) is 0 Å². The van der Waals surface area contributed by atoms with Crippen molar-refractivity contribution in [3.05, 3.63) is 0 Å². The van der Waals surface area contributed by atoms with Crippen LogP contribution in [-0.4, -0.2) is 5.54 Å². The largest absolute Gasteiger partial charge is 0.325 e. The highest BCUT2D eigenvalue weighted by Crippen LogP contribution is 2.23. The zero-order chi connectivity index (χ0) is 11.6. The van der Waals surface area contributed by atoms with Gasteiger partial charge in [-0.25, -0.2) is 0 Å². The van der Waals surface area contributed by atoms with Crippen LogP contribution in [0.25, 0.3) is 0 Å². The van der Waals surface area contributed by atoms with Crippen molar-refractivity contribution < 1.29 is 0 Å². The summed E-state index contributed by atoms with van der Waals surface area (Å²) in [6.07, 6.45) is 12.9. The molecule has 0 aliphatic carbocycles. The summed E-state index contributed by atoms with van der Waals surface area (Å²) in [4.78, 5) is 0. The maximum absolute atomic E-state index is 6.43. The lowest BCUT2D eigenvalue weighted by molar-refractivity contribution is 0.320. The van der Waals surface area contributed by atoms with Gasteiger partial charge in [0, 0.05) is 5.54 Å². The maximum atomic E-state index is 6.43. The van der Waals surface area contributed by atoms with Crippen LogP contribution in [0.3, 0.4) is 0 Å². The Hall–Kier alpha value is -0.0400. The van der Waals surface area contributed by atoms with Crippen molar-refractivity contribution in [3.8, 4) is 0 Å². The molecule has 0 fully saturated rings. The lowest BCUT2D eigenvalue weighted by Crippen LogP contribution is -2.39. The van der Waals surface area contributed by atoms with Gasteiger partial charge in [0.15, 0.2) is 0 Å². The van der Waals surface area contributed by atoms with Gasteiger partial charge >= 0.3 is 0 Å². The second-order valence-corrected chi connectivity index (χ2v) is 5.03. The van der Waals surface area contributed by atoms with E-state index >= 15 is 0 Å². The molecule has 0 spiro atoms. The minimum absolute atomic E-state index is 0.149. The fourth-order valence-corrected chi connectivity index (χ4v) is 2.45. The molecule has 0 saturated carbocycles. The lowest BCUT2D eigenvalue weighted by Gasteiger charge is -2.29. The highest BCUT2D eigenvalue weighted by Gasteiger charge is 2.21. The zero-order valence-corrected chi connectivity index (χ0v) is 11.1. The molecule has 1 heteroatoms. The third-order valence-corrected chi connectivity index (χ3v) is 3.27. The molecule has 0 aromatic rings. The van der Waals surface area contributed by atoms with Gasteiger partial charge in [0.05, 0.1) is 0 Å². The molecule has 1 nitrogen and oxygen atoms in total. The van der Waals surface area contributed by atoms with Crippen molar-refractivity contribution >= 4 is 0 Å². The van der Waals surface area contributed by atoms with E-state index in [1.807, 2.05) is 0 Å². The highest BCUT2D eigenvalue weighted by molar-refractivity contribution is 4.82. The van der Waals surface area contributed by atoms with Gasteiger partial charge in [0.1, 0.15) is 0 Å². The minimum atomic E-state index is 0.149. The fourth-order valence-electron chi connectivity index (χ4n) is 2.45. The van der Waals surface area contributed by atoms with E-state index < -0.39 is 0 Å². The summed E-state index contributed by atoms with van der Waals surface area (Å²) < 4.78 is 0. The van der Waals surface area contributed by atoms with Gasteiger partial charge in [-0.05, 0) is 19.3 Å². The molecule has 0 aliphatic rings. The topological polar surface area (TPSA) is 26.0 Å². The van der Waals surface area contributed by atoms with E-state index in [0.717, 1.165) is 0 Å². The molecule has 0 bridgehead atoms. The molecule has 0 atom stereocenters. The van der Waals surface area contributed by atoms with E-state index in [0.29, 0.717) is 0 Å². The first-order valence-corrected chi connectivity index (χ1v) is 6.97. The number of unbranched alkanes of at least 4 members (excludes halogenated alkanes) is 4. The van der Waals surface area contributed by atoms with Gasteiger partial charge in [0.25, 0.3) is 0 Å². The molecule has 0 heterocycles. The molecule has 15 heavy (non-hydrogen) atoms. The van der Waals surface area contributed by atoms with E-state index in [1.54, 1.807) is 0 Å². The number of nitrogens with two attached hydrogens (primary N) is 1. The SMILES string of the molecule is CCCCCCCC(N)(CCC)CCC. The first-order valence-electron chi connectivity index (χ1n) is 6.97. The number of rotatable bonds is 10. The Kier molecular flexibility index (Phi) is 9.18. The van der Waals surface area contributed by atoms with Crippen LogP contribution < -0.4 is 5.73 Å². The predicted octanol–water partition coefficient (Wildman–Crippen LogP) is 4.64. The highest BCUT2D eigenvalue weighted by atomic mass is 14.7. The molecule has 92 valence electrons. The Labute approximate surface area is 96.8 Å². The van der Waals surface area contributed by atoms with Crippen LogP contribution in [0, 0.1) is 0 Å². The normalized spacial score (nSPS) is 12.0. The second-order valence-electron chi connectivity index (χ2n) is 5.03. The monoisotopic (exact) mass is 213 g/mol. The van der Waals surface area contributed by atoms with Crippen LogP contribution in [0.15, 0.2) is 0 Å². The van der Waals surface area contributed by atoms with Crippen LogP contribution in [0.4, 0.5) is 0 Å². The van der Waals surface area contributed by atoms with Gasteiger partial charge in [-0.15, -0.1) is 0 Å². The first-order chi connectivity index (χ1) is 7.18. The lowest BCUT2D eigenvalue weighted by atomic mass is 9.84. The quantitative estimate of drug-likeness (QED) is 0.525. The van der Waals surface area contributed by atoms with Crippen LogP contribution in [0.5, 0.6) is 0 Å². The Morgan fingerprint density at radius 1 is 0.667 bits per heavy atom. The van der Waals surface area contributed by atoms with E-state index in [1.165, 1.54) is 64.2 Å². The number of hydrogen-bond donors (Lipinski definition) is 1. The molecule has 0 rings (SSSR count). The summed E-state index contributed by atoms with van der Waals surface area (Å²) in [5, 5.41) is 0. The second kappa shape index (κ2) is 9.21. The predicted molar refractivity (Wildman–Crippen MR) is 70.1 cm³/mol. The van der Waals surface area contributed by atoms with Crippen LogP contribution in [-0.2, 0) is 0 Å². The number of hydrogen-bond acceptors (Lipinski definition) is 1. The zero-order valence-electron chi connectivity index (χ0n) is 11.1. The van der Waals surface area contributed by atoms with Crippen LogP contribution in [0.2, 0.25) is 0 Å². The van der Waals surface area contributed by atoms with Crippen LogP contribution in [0.1, 0.15) is 85.0 Å². The summed E-state index contributed by atoms with van der Waals surface area (Å²) in [6, 6.07) is 0. The van der Waals surface area contributed by atoms with Gasteiger partial charge in [-0.1, -0.05) is 65.7 Å². The van der Waals surface area contributed by atoms with Crippen molar-refractivity contribution in [2.75, 3.05) is 0 Å². The van der Waals surface area contributed by atoms with E-state index in [-0.39, 0.29) is 5.54 Å². The van der Waals surface area contributed by atoms with Crippen molar-refractivity contribution in [2.24, 2.45) is 5.73 Å². The third-order valence-electron chi connectivity index (χ3n) is 3.27. The van der Waals surface area contributed by atoms with Gasteiger partial charge < -0.3 is 5.73 Å². The van der Waals surface area contributed by atoms with E-state index in [2.05, 4.69) is 20.8 Å². The average molecular weight is 213 g/mol. The summed E-state index contributed by atoms with van der Waals surface area (Å²) >= 11 is 0. The third kappa shape index (κ3) is 7.84. The molecule has 0 saturated heterocycles. The Morgan fingerprint density at radius 3 is 1.67 bits per heavy atom. The average Bonchev–Trinajstić information content (AvgIpc) is 2.18. The molecule has 0 amide bonds. The Balaban J connectivity index is 3.65. The van der Waals surface area contributed by atoms with Gasteiger partial charge in [0.2, 0.25) is 0 Å². The molecular formula is C14H31N.